The summed E-state index contributed by atoms with van der Waals surface area (Å²) in [5, 5.41) is 9.02. The van der Waals surface area contributed by atoms with Gasteiger partial charge in [-0.05, 0) is 40.0 Å². The van der Waals surface area contributed by atoms with E-state index in [0.29, 0.717) is 32.2 Å². The van der Waals surface area contributed by atoms with Gasteiger partial charge in [-0.3, -0.25) is 4.99 Å². The highest BCUT2D eigenvalue weighted by Crippen LogP contribution is 2.05. The van der Waals surface area contributed by atoms with Gasteiger partial charge in [0.15, 0.2) is 5.96 Å². The molecule has 0 saturated carbocycles. The summed E-state index contributed by atoms with van der Waals surface area (Å²) in [6.07, 6.45) is 0.656. The summed E-state index contributed by atoms with van der Waals surface area (Å²) in [7, 11) is 0. The molecule has 1 amide bonds. The van der Waals surface area contributed by atoms with Crippen molar-refractivity contribution in [3.8, 4) is 0 Å². The Kier molecular flexibility index (Phi) is 12.1. The van der Waals surface area contributed by atoms with E-state index in [1.807, 2.05) is 27.7 Å². The van der Waals surface area contributed by atoms with Crippen LogP contribution in [-0.2, 0) is 9.47 Å². The molecule has 0 aliphatic carbocycles. The molecule has 0 aromatic heterocycles. The van der Waals surface area contributed by atoms with Crippen molar-refractivity contribution in [2.75, 3.05) is 39.4 Å². The highest BCUT2D eigenvalue weighted by molar-refractivity contribution is 5.79. The molecular weight excluding hydrogens is 308 g/mol. The summed E-state index contributed by atoms with van der Waals surface area (Å²) in [5.41, 5.74) is -0.483. The van der Waals surface area contributed by atoms with Gasteiger partial charge in [-0.2, -0.15) is 0 Å². The van der Waals surface area contributed by atoms with Gasteiger partial charge < -0.3 is 25.4 Å². The van der Waals surface area contributed by atoms with Gasteiger partial charge in [-0.15, -0.1) is 0 Å². The molecule has 0 aliphatic rings. The Hall–Kier alpha value is -1.50. The zero-order chi connectivity index (χ0) is 18.4. The van der Waals surface area contributed by atoms with Crippen molar-refractivity contribution in [2.24, 2.45) is 10.9 Å². The Balaban J connectivity index is 3.90. The number of aliphatic imine (C=N–C) groups is 1. The summed E-state index contributed by atoms with van der Waals surface area (Å²) in [6.45, 7) is 15.7. The number of hydrogen-bond donors (Lipinski definition) is 3. The van der Waals surface area contributed by atoms with Crippen LogP contribution in [-0.4, -0.2) is 57.0 Å². The maximum absolute atomic E-state index is 11.5. The van der Waals surface area contributed by atoms with Gasteiger partial charge in [-0.1, -0.05) is 13.8 Å². The Morgan fingerprint density at radius 2 is 1.75 bits per heavy atom. The predicted octanol–water partition coefficient (Wildman–Crippen LogP) is 2.13. The van der Waals surface area contributed by atoms with Crippen LogP contribution in [0.4, 0.5) is 4.79 Å². The van der Waals surface area contributed by atoms with Crippen molar-refractivity contribution < 1.29 is 14.3 Å². The second-order valence-corrected chi connectivity index (χ2v) is 6.91. The number of nitrogens with one attached hydrogen (secondary N) is 3. The minimum atomic E-state index is -0.483. The maximum Gasteiger partial charge on any atom is 0.407 e. The zero-order valence-corrected chi connectivity index (χ0v) is 16.2. The Labute approximate surface area is 147 Å². The van der Waals surface area contributed by atoms with Gasteiger partial charge >= 0.3 is 6.09 Å². The van der Waals surface area contributed by atoms with Crippen LogP contribution in [0, 0.1) is 5.92 Å². The fourth-order valence-corrected chi connectivity index (χ4v) is 1.64. The lowest BCUT2D eigenvalue weighted by Gasteiger charge is -2.19. The number of amides is 1. The lowest BCUT2D eigenvalue weighted by Crippen LogP contribution is -2.42. The molecule has 7 nitrogen and oxygen atoms in total. The molecule has 0 aromatic carbocycles. The monoisotopic (exact) mass is 344 g/mol. The molecule has 0 unspecified atom stereocenters. The number of hydrogen-bond acceptors (Lipinski definition) is 4. The second-order valence-electron chi connectivity index (χ2n) is 6.91. The SMILES string of the molecule is CCNC(=NCCOCCC(C)C)NCCNC(=O)OC(C)(C)C. The first-order valence-electron chi connectivity index (χ1n) is 8.81. The maximum atomic E-state index is 11.5. The molecule has 0 radical (unpaired) electrons. The summed E-state index contributed by atoms with van der Waals surface area (Å²) < 4.78 is 10.7. The number of rotatable bonds is 10. The number of carbonyl (C=O) groups is 1. The van der Waals surface area contributed by atoms with E-state index in [-0.39, 0.29) is 0 Å². The molecule has 0 atom stereocenters. The molecular formula is C17H36N4O3. The van der Waals surface area contributed by atoms with Crippen LogP contribution < -0.4 is 16.0 Å². The number of alkyl carbamates (subject to hydrolysis) is 1. The molecule has 142 valence electrons. The third kappa shape index (κ3) is 15.4. The van der Waals surface area contributed by atoms with Crippen molar-refractivity contribution >= 4 is 12.1 Å². The molecule has 0 fully saturated rings. The average Bonchev–Trinajstić information content (AvgIpc) is 2.44. The van der Waals surface area contributed by atoms with Gasteiger partial charge in [-0.25, -0.2) is 4.79 Å². The molecule has 0 rings (SSSR count). The van der Waals surface area contributed by atoms with E-state index in [9.17, 15) is 4.79 Å². The zero-order valence-electron chi connectivity index (χ0n) is 16.2. The molecule has 7 heteroatoms. The van der Waals surface area contributed by atoms with Crippen LogP contribution in [0.5, 0.6) is 0 Å². The van der Waals surface area contributed by atoms with E-state index in [2.05, 4.69) is 34.8 Å². The van der Waals surface area contributed by atoms with E-state index in [1.165, 1.54) is 0 Å². The topological polar surface area (TPSA) is 84.0 Å². The van der Waals surface area contributed by atoms with E-state index < -0.39 is 11.7 Å². The fraction of sp³-hybridized carbons (Fsp3) is 0.882. The molecule has 0 spiro atoms. The number of nitrogens with zero attached hydrogens (tertiary/aromatic N) is 1. The smallest absolute Gasteiger partial charge is 0.407 e. The third-order valence-electron chi connectivity index (χ3n) is 2.77. The number of carbonyl (C=O) groups excluding carboxylic acids is 1. The van der Waals surface area contributed by atoms with Crippen LogP contribution in [0.15, 0.2) is 4.99 Å². The molecule has 24 heavy (non-hydrogen) atoms. The van der Waals surface area contributed by atoms with Crippen LogP contribution >= 0.6 is 0 Å². The standard InChI is InChI=1S/C17H36N4O3/c1-7-18-15(20-11-13-23-12-8-14(2)3)19-9-10-21-16(22)24-17(4,5)6/h14H,7-13H2,1-6H3,(H,21,22)(H2,18,19,20). The van der Waals surface area contributed by atoms with Crippen molar-refractivity contribution in [1.82, 2.24) is 16.0 Å². The van der Waals surface area contributed by atoms with Crippen molar-refractivity contribution in [3.63, 3.8) is 0 Å². The summed E-state index contributed by atoms with van der Waals surface area (Å²) in [4.78, 5) is 16.0. The van der Waals surface area contributed by atoms with Crippen molar-refractivity contribution in [1.29, 1.82) is 0 Å². The summed E-state index contributed by atoms with van der Waals surface area (Å²) >= 11 is 0. The Morgan fingerprint density at radius 3 is 2.33 bits per heavy atom. The molecule has 0 aliphatic heterocycles. The summed E-state index contributed by atoms with van der Waals surface area (Å²) in [6, 6.07) is 0. The Bertz CT molecular complexity index is 365. The minimum Gasteiger partial charge on any atom is -0.444 e. The van der Waals surface area contributed by atoms with Gasteiger partial charge in [0, 0.05) is 26.2 Å². The molecule has 0 saturated heterocycles. The van der Waals surface area contributed by atoms with Gasteiger partial charge in [0.1, 0.15) is 5.60 Å². The van der Waals surface area contributed by atoms with Crippen molar-refractivity contribution in [2.45, 2.75) is 53.6 Å². The first-order chi connectivity index (χ1) is 11.2. The molecule has 0 aromatic rings. The van der Waals surface area contributed by atoms with Crippen LogP contribution in [0.1, 0.15) is 48.0 Å². The highest BCUT2D eigenvalue weighted by atomic mass is 16.6. The molecule has 0 bridgehead atoms. The lowest BCUT2D eigenvalue weighted by atomic mass is 10.1. The average molecular weight is 345 g/mol. The van der Waals surface area contributed by atoms with Crippen LogP contribution in [0.3, 0.4) is 0 Å². The van der Waals surface area contributed by atoms with Gasteiger partial charge in [0.25, 0.3) is 0 Å². The third-order valence-corrected chi connectivity index (χ3v) is 2.77. The summed E-state index contributed by atoms with van der Waals surface area (Å²) in [5.74, 6) is 1.38. The number of guanidine groups is 1. The minimum absolute atomic E-state index is 0.412. The van der Waals surface area contributed by atoms with Gasteiger partial charge in [0.05, 0.1) is 13.2 Å². The first kappa shape index (κ1) is 22.5. The van der Waals surface area contributed by atoms with E-state index in [4.69, 9.17) is 9.47 Å². The van der Waals surface area contributed by atoms with E-state index >= 15 is 0 Å². The van der Waals surface area contributed by atoms with E-state index in [1.54, 1.807) is 0 Å². The quantitative estimate of drug-likeness (QED) is 0.321. The Morgan fingerprint density at radius 1 is 1.08 bits per heavy atom. The van der Waals surface area contributed by atoms with E-state index in [0.717, 1.165) is 25.5 Å². The highest BCUT2D eigenvalue weighted by Gasteiger charge is 2.15. The second kappa shape index (κ2) is 12.9. The lowest BCUT2D eigenvalue weighted by molar-refractivity contribution is 0.0529. The predicted molar refractivity (Wildman–Crippen MR) is 98.5 cm³/mol. The fourth-order valence-electron chi connectivity index (χ4n) is 1.64. The van der Waals surface area contributed by atoms with Gasteiger partial charge in [0.2, 0.25) is 0 Å². The molecule has 3 N–H and O–H groups in total. The van der Waals surface area contributed by atoms with Crippen LogP contribution in [0.25, 0.3) is 0 Å². The van der Waals surface area contributed by atoms with Crippen LogP contribution in [0.2, 0.25) is 0 Å². The molecule has 0 heterocycles. The normalized spacial score (nSPS) is 12.2. The van der Waals surface area contributed by atoms with Crippen molar-refractivity contribution in [3.05, 3.63) is 0 Å². The first-order valence-corrected chi connectivity index (χ1v) is 8.81. The largest absolute Gasteiger partial charge is 0.444 e. The number of ether oxygens (including phenoxy) is 2.